The number of carbonyl (C=O) groups excluding carboxylic acids is 1. The Morgan fingerprint density at radius 2 is 1.96 bits per heavy atom. The third-order valence-corrected chi connectivity index (χ3v) is 3.50. The van der Waals surface area contributed by atoms with Gasteiger partial charge in [0.25, 0.3) is 0 Å². The van der Waals surface area contributed by atoms with Gasteiger partial charge in [0.2, 0.25) is 11.8 Å². The number of halogens is 1. The van der Waals surface area contributed by atoms with Crippen molar-refractivity contribution in [1.82, 2.24) is 10.3 Å². The molecule has 1 heterocycles. The second-order valence-corrected chi connectivity index (χ2v) is 5.43. The fourth-order valence-corrected chi connectivity index (χ4v) is 1.79. The number of aromatic nitrogens is 1. The van der Waals surface area contributed by atoms with Crippen molar-refractivity contribution in [3.63, 3.8) is 0 Å². The summed E-state index contributed by atoms with van der Waals surface area (Å²) in [6.07, 6.45) is 1.62. The van der Waals surface area contributed by atoms with Gasteiger partial charge in [0.15, 0.2) is 0 Å². The molecule has 1 aromatic heterocycles. The van der Waals surface area contributed by atoms with Crippen LogP contribution in [-0.4, -0.2) is 16.9 Å². The van der Waals surface area contributed by atoms with E-state index in [0.29, 0.717) is 18.2 Å². The number of hydrogen-bond acceptors (Lipinski definition) is 4. The van der Waals surface area contributed by atoms with E-state index >= 15 is 0 Å². The van der Waals surface area contributed by atoms with Gasteiger partial charge >= 0.3 is 0 Å². The van der Waals surface area contributed by atoms with Gasteiger partial charge in [-0.2, -0.15) is 0 Å². The van der Waals surface area contributed by atoms with Crippen LogP contribution >= 0.6 is 0 Å². The molecule has 2 atom stereocenters. The van der Waals surface area contributed by atoms with Crippen LogP contribution in [0.25, 0.3) is 0 Å². The Morgan fingerprint density at radius 3 is 2.52 bits per heavy atom. The molecule has 0 aliphatic heterocycles. The van der Waals surface area contributed by atoms with Crippen LogP contribution in [0.4, 0.5) is 4.39 Å². The largest absolute Gasteiger partial charge is 0.439 e. The number of ether oxygens (including phenoxy) is 1. The summed E-state index contributed by atoms with van der Waals surface area (Å²) in [4.78, 5) is 16.0. The second kappa shape index (κ2) is 7.69. The summed E-state index contributed by atoms with van der Waals surface area (Å²) in [5, 5.41) is 2.81. The molecule has 23 heavy (non-hydrogen) atoms. The van der Waals surface area contributed by atoms with E-state index in [0.717, 1.165) is 5.56 Å². The fraction of sp³-hybridized carbons (Fsp3) is 0.294. The maximum absolute atomic E-state index is 12.8. The Labute approximate surface area is 134 Å². The molecular formula is C17H20FN3O2. The number of carbonyl (C=O) groups is 1. The Kier molecular flexibility index (Phi) is 5.65. The monoisotopic (exact) mass is 317 g/mol. The van der Waals surface area contributed by atoms with Crippen LogP contribution < -0.4 is 15.8 Å². The molecule has 0 spiro atoms. The summed E-state index contributed by atoms with van der Waals surface area (Å²) < 4.78 is 18.3. The van der Waals surface area contributed by atoms with Gasteiger partial charge in [0, 0.05) is 30.8 Å². The van der Waals surface area contributed by atoms with Crippen LogP contribution in [0, 0.1) is 11.7 Å². The summed E-state index contributed by atoms with van der Waals surface area (Å²) in [7, 11) is 0. The number of pyridine rings is 1. The smallest absolute Gasteiger partial charge is 0.224 e. The van der Waals surface area contributed by atoms with Crippen LogP contribution in [0.2, 0.25) is 0 Å². The highest BCUT2D eigenvalue weighted by Gasteiger charge is 2.16. The van der Waals surface area contributed by atoms with Gasteiger partial charge in [-0.3, -0.25) is 4.79 Å². The highest BCUT2D eigenvalue weighted by molar-refractivity contribution is 5.78. The molecule has 5 nitrogen and oxygen atoms in total. The van der Waals surface area contributed by atoms with Gasteiger partial charge in [-0.25, -0.2) is 9.37 Å². The van der Waals surface area contributed by atoms with E-state index in [2.05, 4.69) is 10.3 Å². The fourth-order valence-electron chi connectivity index (χ4n) is 1.79. The number of benzene rings is 1. The van der Waals surface area contributed by atoms with E-state index in [9.17, 15) is 9.18 Å². The predicted molar refractivity (Wildman–Crippen MR) is 85.4 cm³/mol. The average molecular weight is 317 g/mol. The maximum atomic E-state index is 12.8. The minimum Gasteiger partial charge on any atom is -0.439 e. The van der Waals surface area contributed by atoms with Crippen LogP contribution in [-0.2, 0) is 11.3 Å². The number of nitrogens with two attached hydrogens (primary N) is 1. The summed E-state index contributed by atoms with van der Waals surface area (Å²) in [6, 6.07) is 9.00. The van der Waals surface area contributed by atoms with Gasteiger partial charge in [-0.15, -0.1) is 0 Å². The lowest BCUT2D eigenvalue weighted by atomic mass is 10.0. The zero-order chi connectivity index (χ0) is 16.8. The highest BCUT2D eigenvalue weighted by atomic mass is 19.1. The highest BCUT2D eigenvalue weighted by Crippen LogP contribution is 2.19. The Morgan fingerprint density at radius 1 is 1.26 bits per heavy atom. The Hall–Kier alpha value is -2.47. The van der Waals surface area contributed by atoms with Gasteiger partial charge in [0.05, 0.1) is 0 Å². The molecule has 3 N–H and O–H groups in total. The molecule has 1 amide bonds. The van der Waals surface area contributed by atoms with E-state index in [-0.39, 0.29) is 23.7 Å². The number of rotatable bonds is 6. The van der Waals surface area contributed by atoms with Crippen LogP contribution in [0.3, 0.4) is 0 Å². The van der Waals surface area contributed by atoms with Crippen LogP contribution in [0.15, 0.2) is 42.6 Å². The SMILES string of the molecule is CC(N)C(C)C(=O)NCc1ccc(Oc2ccc(F)cc2)nc1. The first-order valence-corrected chi connectivity index (χ1v) is 7.37. The van der Waals surface area contributed by atoms with Crippen molar-refractivity contribution in [3.8, 4) is 11.6 Å². The lowest BCUT2D eigenvalue weighted by Gasteiger charge is -2.15. The van der Waals surface area contributed by atoms with Crippen molar-refractivity contribution >= 4 is 5.91 Å². The van der Waals surface area contributed by atoms with Crippen molar-refractivity contribution in [3.05, 3.63) is 54.0 Å². The first-order valence-electron chi connectivity index (χ1n) is 7.37. The van der Waals surface area contributed by atoms with Crippen molar-refractivity contribution in [1.29, 1.82) is 0 Å². The molecule has 1 aromatic carbocycles. The molecule has 0 saturated carbocycles. The molecule has 2 unspecified atom stereocenters. The number of amides is 1. The van der Waals surface area contributed by atoms with E-state index in [1.165, 1.54) is 24.3 Å². The standard InChI is InChI=1S/C17H20FN3O2/c1-11(12(2)19)17(22)21-10-13-3-8-16(20-9-13)23-15-6-4-14(18)5-7-15/h3-9,11-12H,10,19H2,1-2H3,(H,21,22). The molecule has 0 bridgehead atoms. The van der Waals surface area contributed by atoms with Gasteiger partial charge in [-0.05, 0) is 36.8 Å². The molecule has 2 aromatic rings. The first-order chi connectivity index (χ1) is 11.0. The number of nitrogens with zero attached hydrogens (tertiary/aromatic N) is 1. The Bertz CT molecular complexity index is 642. The molecule has 0 aliphatic carbocycles. The number of nitrogens with one attached hydrogen (secondary N) is 1. The zero-order valence-electron chi connectivity index (χ0n) is 13.1. The summed E-state index contributed by atoms with van der Waals surface area (Å²) in [5.74, 6) is 0.245. The first kappa shape index (κ1) is 16.9. The van der Waals surface area contributed by atoms with E-state index < -0.39 is 0 Å². The van der Waals surface area contributed by atoms with Gasteiger partial charge in [-0.1, -0.05) is 13.0 Å². The van der Waals surface area contributed by atoms with Gasteiger partial charge in [0.1, 0.15) is 11.6 Å². The van der Waals surface area contributed by atoms with Crippen LogP contribution in [0.1, 0.15) is 19.4 Å². The van der Waals surface area contributed by atoms with E-state index in [4.69, 9.17) is 10.5 Å². The minimum absolute atomic E-state index is 0.0911. The topological polar surface area (TPSA) is 77.2 Å². The summed E-state index contributed by atoms with van der Waals surface area (Å²) >= 11 is 0. The number of hydrogen-bond donors (Lipinski definition) is 2. The molecule has 122 valence electrons. The molecule has 2 rings (SSSR count). The Balaban J connectivity index is 1.89. The van der Waals surface area contributed by atoms with E-state index in [1.807, 2.05) is 6.07 Å². The zero-order valence-corrected chi connectivity index (χ0v) is 13.1. The molecule has 6 heteroatoms. The maximum Gasteiger partial charge on any atom is 0.224 e. The molecule has 0 fully saturated rings. The van der Waals surface area contributed by atoms with Crippen molar-refractivity contribution in [2.45, 2.75) is 26.4 Å². The normalized spacial score (nSPS) is 13.2. The molecule has 0 aliphatic rings. The van der Waals surface area contributed by atoms with E-state index in [1.54, 1.807) is 26.1 Å². The quantitative estimate of drug-likeness (QED) is 0.858. The minimum atomic E-state index is -0.322. The predicted octanol–water partition coefficient (Wildman–Crippen LogP) is 2.61. The van der Waals surface area contributed by atoms with Crippen molar-refractivity contribution < 1.29 is 13.9 Å². The molecular weight excluding hydrogens is 297 g/mol. The average Bonchev–Trinajstić information content (AvgIpc) is 2.55. The third kappa shape index (κ3) is 5.03. The third-order valence-electron chi connectivity index (χ3n) is 3.50. The van der Waals surface area contributed by atoms with Crippen LogP contribution in [0.5, 0.6) is 11.6 Å². The lowest BCUT2D eigenvalue weighted by Crippen LogP contribution is -2.38. The van der Waals surface area contributed by atoms with Crippen molar-refractivity contribution in [2.24, 2.45) is 11.7 Å². The molecule has 0 saturated heterocycles. The van der Waals surface area contributed by atoms with Crippen molar-refractivity contribution in [2.75, 3.05) is 0 Å². The molecule has 0 radical (unpaired) electrons. The second-order valence-electron chi connectivity index (χ2n) is 5.43. The summed E-state index contributed by atoms with van der Waals surface area (Å²) in [6.45, 7) is 3.96. The lowest BCUT2D eigenvalue weighted by molar-refractivity contribution is -0.125. The van der Waals surface area contributed by atoms with Gasteiger partial charge < -0.3 is 15.8 Å². The summed E-state index contributed by atoms with van der Waals surface area (Å²) in [5.41, 5.74) is 6.54.